The van der Waals surface area contributed by atoms with Crippen LogP contribution in [0.4, 0.5) is 11.4 Å². The van der Waals surface area contributed by atoms with Gasteiger partial charge in [-0.05, 0) is 60.7 Å². The Morgan fingerprint density at radius 3 is 1.94 bits per heavy atom. The molecule has 0 spiro atoms. The fourth-order valence-corrected chi connectivity index (χ4v) is 3.81. The lowest BCUT2D eigenvalue weighted by molar-refractivity contribution is 0.340. The maximum absolute atomic E-state index is 12.5. The second kappa shape index (κ2) is 9.92. The lowest BCUT2D eigenvalue weighted by Crippen LogP contribution is -2.12. The molecule has 9 nitrogen and oxygen atoms in total. The zero-order chi connectivity index (χ0) is 23.1. The van der Waals surface area contributed by atoms with Crippen LogP contribution in [0.1, 0.15) is 5.56 Å². The van der Waals surface area contributed by atoms with Crippen molar-refractivity contribution in [3.63, 3.8) is 0 Å². The largest absolute Gasteiger partial charge is 0.502 e. The van der Waals surface area contributed by atoms with Gasteiger partial charge in [0.15, 0.2) is 11.5 Å². The molecule has 32 heavy (non-hydrogen) atoms. The fourth-order valence-electron chi connectivity index (χ4n) is 2.75. The minimum absolute atomic E-state index is 0.0900. The first-order chi connectivity index (χ1) is 15.4. The van der Waals surface area contributed by atoms with Crippen LogP contribution in [0.5, 0.6) is 23.0 Å². The maximum Gasteiger partial charge on any atom is 0.261 e. The summed E-state index contributed by atoms with van der Waals surface area (Å²) in [6, 6.07) is 15.9. The number of nitrogens with one attached hydrogen (secondary N) is 2. The van der Waals surface area contributed by atoms with E-state index in [1.807, 2.05) is 0 Å². The molecule has 0 saturated carbocycles. The molecule has 0 atom stereocenters. The molecule has 3 aromatic carbocycles. The summed E-state index contributed by atoms with van der Waals surface area (Å²) in [4.78, 5) is 0.129. The molecule has 0 unspecified atom stereocenters. The number of hydrogen-bond acceptors (Lipinski definition) is 8. The summed E-state index contributed by atoms with van der Waals surface area (Å²) in [6.45, 7) is 0. The van der Waals surface area contributed by atoms with Crippen LogP contribution in [-0.4, -0.2) is 41.1 Å². The average Bonchev–Trinajstić information content (AvgIpc) is 2.81. The Morgan fingerprint density at radius 1 is 0.844 bits per heavy atom. The zero-order valence-corrected chi connectivity index (χ0v) is 18.5. The number of phenols is 1. The number of ether oxygens (including phenoxy) is 3. The number of methoxy groups -OCH3 is 3. The van der Waals surface area contributed by atoms with Gasteiger partial charge in [0.1, 0.15) is 5.75 Å². The second-order valence-corrected chi connectivity index (χ2v) is 8.18. The van der Waals surface area contributed by atoms with Crippen LogP contribution in [0.15, 0.2) is 70.7 Å². The molecule has 0 radical (unpaired) electrons. The van der Waals surface area contributed by atoms with E-state index < -0.39 is 10.0 Å². The highest BCUT2D eigenvalue weighted by Crippen LogP contribution is 2.36. The number of hydrogen-bond donors (Lipinski definition) is 3. The molecule has 3 aromatic rings. The van der Waals surface area contributed by atoms with Gasteiger partial charge in [0.25, 0.3) is 10.0 Å². The standard InChI is InChI=1S/C22H23N3O6S/c1-29-18-8-10-19(11-9-18)32(27,28)25-17-6-4-16(5-7-17)24-23-14-15-12-20(30-2)22(26)21(13-15)31-3/h4-14,24-26H,1-3H3/b23-14+. The number of anilines is 2. The third kappa shape index (κ3) is 5.41. The first-order valence-corrected chi connectivity index (χ1v) is 10.9. The molecule has 10 heteroatoms. The van der Waals surface area contributed by atoms with Gasteiger partial charge in [-0.3, -0.25) is 10.1 Å². The van der Waals surface area contributed by atoms with E-state index in [0.717, 1.165) is 0 Å². The van der Waals surface area contributed by atoms with E-state index in [9.17, 15) is 13.5 Å². The van der Waals surface area contributed by atoms with Gasteiger partial charge in [0.2, 0.25) is 5.75 Å². The van der Waals surface area contributed by atoms with Crippen molar-refractivity contribution in [1.82, 2.24) is 0 Å². The van der Waals surface area contributed by atoms with Crippen molar-refractivity contribution in [1.29, 1.82) is 0 Å². The van der Waals surface area contributed by atoms with Crippen LogP contribution in [0.3, 0.4) is 0 Å². The molecule has 0 heterocycles. The number of aromatic hydroxyl groups is 1. The predicted octanol–water partition coefficient (Wildman–Crippen LogP) is 3.66. The molecule has 0 aromatic heterocycles. The Hall–Kier alpha value is -3.92. The van der Waals surface area contributed by atoms with Gasteiger partial charge >= 0.3 is 0 Å². The summed E-state index contributed by atoms with van der Waals surface area (Å²) in [5.74, 6) is 1.01. The summed E-state index contributed by atoms with van der Waals surface area (Å²) >= 11 is 0. The van der Waals surface area contributed by atoms with Crippen LogP contribution in [0, 0.1) is 0 Å². The van der Waals surface area contributed by atoms with E-state index in [-0.39, 0.29) is 22.1 Å². The van der Waals surface area contributed by atoms with Crippen molar-refractivity contribution < 1.29 is 27.7 Å². The van der Waals surface area contributed by atoms with Crippen molar-refractivity contribution >= 4 is 27.6 Å². The highest BCUT2D eigenvalue weighted by molar-refractivity contribution is 7.92. The first kappa shape index (κ1) is 22.8. The Kier molecular flexibility index (Phi) is 7.06. The van der Waals surface area contributed by atoms with Gasteiger partial charge in [0, 0.05) is 11.3 Å². The lowest BCUT2D eigenvalue weighted by atomic mass is 10.2. The number of rotatable bonds is 9. The summed E-state index contributed by atoms with van der Waals surface area (Å²) in [5, 5.41) is 14.1. The van der Waals surface area contributed by atoms with E-state index in [2.05, 4.69) is 15.2 Å². The highest BCUT2D eigenvalue weighted by Gasteiger charge is 2.14. The van der Waals surface area contributed by atoms with Gasteiger partial charge in [-0.2, -0.15) is 5.10 Å². The van der Waals surface area contributed by atoms with Crippen molar-refractivity contribution in [3.05, 3.63) is 66.2 Å². The molecule has 0 saturated heterocycles. The molecule has 0 aliphatic carbocycles. The summed E-state index contributed by atoms with van der Waals surface area (Å²) in [6.07, 6.45) is 1.53. The van der Waals surface area contributed by atoms with Gasteiger partial charge in [-0.15, -0.1) is 0 Å². The Labute approximate surface area is 186 Å². The van der Waals surface area contributed by atoms with Crippen LogP contribution in [-0.2, 0) is 10.0 Å². The fraction of sp³-hybridized carbons (Fsp3) is 0.136. The second-order valence-electron chi connectivity index (χ2n) is 6.50. The van der Waals surface area contributed by atoms with Crippen LogP contribution in [0.25, 0.3) is 0 Å². The summed E-state index contributed by atoms with van der Waals surface area (Å²) in [7, 11) is 0.678. The van der Waals surface area contributed by atoms with Crippen molar-refractivity contribution in [2.75, 3.05) is 31.5 Å². The normalized spacial score (nSPS) is 11.2. The van der Waals surface area contributed by atoms with E-state index in [1.165, 1.54) is 39.7 Å². The third-order valence-electron chi connectivity index (χ3n) is 4.42. The monoisotopic (exact) mass is 457 g/mol. The Bertz CT molecular complexity index is 1170. The van der Waals surface area contributed by atoms with Gasteiger partial charge < -0.3 is 19.3 Å². The Morgan fingerprint density at radius 2 is 1.41 bits per heavy atom. The third-order valence-corrected chi connectivity index (χ3v) is 5.81. The highest BCUT2D eigenvalue weighted by atomic mass is 32.2. The Balaban J connectivity index is 1.66. The molecule has 3 rings (SSSR count). The van der Waals surface area contributed by atoms with Crippen LogP contribution < -0.4 is 24.4 Å². The topological polar surface area (TPSA) is 118 Å². The number of sulfonamides is 1. The number of hydrazone groups is 1. The lowest BCUT2D eigenvalue weighted by Gasteiger charge is -2.10. The quantitative estimate of drug-likeness (QED) is 0.331. The molecule has 3 N–H and O–H groups in total. The summed E-state index contributed by atoms with van der Waals surface area (Å²) < 4.78 is 42.8. The van der Waals surface area contributed by atoms with Crippen LogP contribution in [0.2, 0.25) is 0 Å². The van der Waals surface area contributed by atoms with Crippen molar-refractivity contribution in [3.8, 4) is 23.0 Å². The molecular formula is C22H23N3O6S. The van der Waals surface area contributed by atoms with E-state index >= 15 is 0 Å². The number of benzene rings is 3. The average molecular weight is 458 g/mol. The van der Waals surface area contributed by atoms with Gasteiger partial charge in [-0.1, -0.05) is 0 Å². The van der Waals surface area contributed by atoms with E-state index in [1.54, 1.807) is 48.5 Å². The van der Waals surface area contributed by atoms with Crippen LogP contribution >= 0.6 is 0 Å². The first-order valence-electron chi connectivity index (χ1n) is 9.37. The molecule has 0 amide bonds. The zero-order valence-electron chi connectivity index (χ0n) is 17.7. The summed E-state index contributed by atoms with van der Waals surface area (Å²) in [5.41, 5.74) is 4.55. The SMILES string of the molecule is COc1ccc(S(=O)(=O)Nc2ccc(N/N=C/c3cc(OC)c(O)c(OC)c3)cc2)cc1. The van der Waals surface area contributed by atoms with E-state index in [0.29, 0.717) is 22.7 Å². The smallest absolute Gasteiger partial charge is 0.261 e. The molecule has 0 bridgehead atoms. The van der Waals surface area contributed by atoms with Crippen molar-refractivity contribution in [2.45, 2.75) is 4.90 Å². The maximum atomic E-state index is 12.5. The molecule has 0 aliphatic rings. The van der Waals surface area contributed by atoms with E-state index in [4.69, 9.17) is 14.2 Å². The number of phenolic OH excluding ortho intramolecular Hbond substituents is 1. The molecule has 168 valence electrons. The number of nitrogens with zero attached hydrogens (tertiary/aromatic N) is 1. The van der Waals surface area contributed by atoms with Crippen molar-refractivity contribution in [2.24, 2.45) is 5.10 Å². The molecule has 0 aliphatic heterocycles. The predicted molar refractivity (Wildman–Crippen MR) is 123 cm³/mol. The molecular weight excluding hydrogens is 434 g/mol. The van der Waals surface area contributed by atoms with Gasteiger partial charge in [-0.25, -0.2) is 8.42 Å². The minimum Gasteiger partial charge on any atom is -0.502 e. The van der Waals surface area contributed by atoms with Gasteiger partial charge in [0.05, 0.1) is 38.1 Å². The molecule has 0 fully saturated rings. The minimum atomic E-state index is -3.72.